The van der Waals surface area contributed by atoms with E-state index in [-0.39, 0.29) is 5.69 Å². The Morgan fingerprint density at radius 1 is 1.15 bits per heavy atom. The molecule has 6 heteroatoms. The first-order chi connectivity index (χ1) is 9.47. The molecular formula is C14H10F3N3. The summed E-state index contributed by atoms with van der Waals surface area (Å²) in [7, 11) is 0. The van der Waals surface area contributed by atoms with E-state index in [0.717, 1.165) is 6.07 Å². The smallest absolute Gasteiger partial charge is 0.307 e. The number of imidazole rings is 1. The number of aromatic nitrogens is 3. The maximum absolute atomic E-state index is 13.2. The van der Waals surface area contributed by atoms with Gasteiger partial charge in [-0.25, -0.2) is 4.98 Å². The second-order valence-corrected chi connectivity index (χ2v) is 4.49. The van der Waals surface area contributed by atoms with Gasteiger partial charge in [0.15, 0.2) is 0 Å². The number of alkyl halides is 3. The van der Waals surface area contributed by atoms with E-state index in [1.807, 2.05) is 0 Å². The van der Waals surface area contributed by atoms with E-state index in [9.17, 15) is 13.2 Å². The van der Waals surface area contributed by atoms with Crippen molar-refractivity contribution in [3.63, 3.8) is 0 Å². The van der Waals surface area contributed by atoms with Crippen molar-refractivity contribution >= 4 is 5.65 Å². The van der Waals surface area contributed by atoms with Gasteiger partial charge >= 0.3 is 6.18 Å². The standard InChI is InChI=1S/C14H10F3N3/c1-9-7-11(14(15,16)17)12(19-8-9)10-3-2-5-20-6-4-18-13(10)20/h2-8H,1H3. The molecule has 0 saturated carbocycles. The summed E-state index contributed by atoms with van der Waals surface area (Å²) in [6, 6.07) is 4.37. The first-order valence-electron chi connectivity index (χ1n) is 5.93. The number of fused-ring (bicyclic) bond motifs is 1. The van der Waals surface area contributed by atoms with E-state index in [2.05, 4.69) is 9.97 Å². The van der Waals surface area contributed by atoms with Gasteiger partial charge in [-0.2, -0.15) is 13.2 Å². The molecule has 0 N–H and O–H groups in total. The quantitative estimate of drug-likeness (QED) is 0.678. The second-order valence-electron chi connectivity index (χ2n) is 4.49. The normalized spacial score (nSPS) is 12.0. The second kappa shape index (κ2) is 4.33. The van der Waals surface area contributed by atoms with Crippen molar-refractivity contribution in [2.24, 2.45) is 0 Å². The average Bonchev–Trinajstić information content (AvgIpc) is 2.86. The molecule has 3 aromatic heterocycles. The summed E-state index contributed by atoms with van der Waals surface area (Å²) < 4.78 is 41.2. The van der Waals surface area contributed by atoms with Crippen molar-refractivity contribution in [1.82, 2.24) is 14.4 Å². The van der Waals surface area contributed by atoms with Crippen molar-refractivity contribution in [2.45, 2.75) is 13.1 Å². The Hall–Kier alpha value is -2.37. The molecule has 0 aliphatic rings. The van der Waals surface area contributed by atoms with Gasteiger partial charge in [0.05, 0.1) is 11.3 Å². The number of pyridine rings is 2. The number of halogens is 3. The van der Waals surface area contributed by atoms with Gasteiger partial charge in [-0.15, -0.1) is 0 Å². The molecule has 3 nitrogen and oxygen atoms in total. The van der Waals surface area contributed by atoms with Crippen LogP contribution in [0.3, 0.4) is 0 Å². The minimum Gasteiger partial charge on any atom is -0.307 e. The highest BCUT2D eigenvalue weighted by molar-refractivity contribution is 5.77. The zero-order valence-electron chi connectivity index (χ0n) is 10.5. The monoisotopic (exact) mass is 277 g/mol. The molecular weight excluding hydrogens is 267 g/mol. The van der Waals surface area contributed by atoms with Crippen LogP contribution in [0.1, 0.15) is 11.1 Å². The van der Waals surface area contributed by atoms with E-state index in [1.165, 1.54) is 6.20 Å². The predicted octanol–water partition coefficient (Wildman–Crippen LogP) is 3.72. The number of hydrogen-bond acceptors (Lipinski definition) is 2. The lowest BCUT2D eigenvalue weighted by molar-refractivity contribution is -0.137. The molecule has 102 valence electrons. The van der Waals surface area contributed by atoms with Crippen LogP contribution in [-0.2, 0) is 6.18 Å². The van der Waals surface area contributed by atoms with Crippen LogP contribution in [0.25, 0.3) is 16.9 Å². The maximum Gasteiger partial charge on any atom is 0.418 e. The number of hydrogen-bond donors (Lipinski definition) is 0. The Morgan fingerprint density at radius 3 is 2.70 bits per heavy atom. The van der Waals surface area contributed by atoms with Crippen LogP contribution in [0.5, 0.6) is 0 Å². The highest BCUT2D eigenvalue weighted by Crippen LogP contribution is 2.37. The molecule has 3 rings (SSSR count). The lowest BCUT2D eigenvalue weighted by Gasteiger charge is -2.13. The fourth-order valence-electron chi connectivity index (χ4n) is 2.13. The molecule has 0 aliphatic heterocycles. The van der Waals surface area contributed by atoms with E-state index in [4.69, 9.17) is 0 Å². The van der Waals surface area contributed by atoms with Crippen LogP contribution in [-0.4, -0.2) is 14.4 Å². The number of nitrogens with zero attached hydrogens (tertiary/aromatic N) is 3. The van der Waals surface area contributed by atoms with E-state index in [0.29, 0.717) is 16.8 Å². The molecule has 0 atom stereocenters. The van der Waals surface area contributed by atoms with Gasteiger partial charge in [-0.1, -0.05) is 0 Å². The minimum absolute atomic E-state index is 0.0973. The van der Waals surface area contributed by atoms with Crippen LogP contribution in [0.15, 0.2) is 43.0 Å². The summed E-state index contributed by atoms with van der Waals surface area (Å²) in [6.45, 7) is 1.59. The third-order valence-electron chi connectivity index (χ3n) is 3.00. The largest absolute Gasteiger partial charge is 0.418 e. The van der Waals surface area contributed by atoms with Gasteiger partial charge in [0.25, 0.3) is 0 Å². The van der Waals surface area contributed by atoms with Crippen molar-refractivity contribution in [2.75, 3.05) is 0 Å². The van der Waals surface area contributed by atoms with Crippen molar-refractivity contribution in [3.8, 4) is 11.3 Å². The topological polar surface area (TPSA) is 30.2 Å². The summed E-state index contributed by atoms with van der Waals surface area (Å²) in [5.74, 6) is 0. The molecule has 3 aromatic rings. The van der Waals surface area contributed by atoms with E-state index >= 15 is 0 Å². The Morgan fingerprint density at radius 2 is 1.95 bits per heavy atom. The molecule has 0 radical (unpaired) electrons. The molecule has 0 aromatic carbocycles. The highest BCUT2D eigenvalue weighted by Gasteiger charge is 2.35. The lowest BCUT2D eigenvalue weighted by Crippen LogP contribution is -2.09. The van der Waals surface area contributed by atoms with Crippen LogP contribution in [0.4, 0.5) is 13.2 Å². The molecule has 20 heavy (non-hydrogen) atoms. The van der Waals surface area contributed by atoms with Crippen molar-refractivity contribution < 1.29 is 13.2 Å². The van der Waals surface area contributed by atoms with Crippen LogP contribution in [0, 0.1) is 6.92 Å². The zero-order chi connectivity index (χ0) is 14.3. The zero-order valence-corrected chi connectivity index (χ0v) is 10.5. The lowest BCUT2D eigenvalue weighted by atomic mass is 10.0. The SMILES string of the molecule is Cc1cnc(-c2cccn3ccnc23)c(C(F)(F)F)c1. The van der Waals surface area contributed by atoms with E-state index in [1.54, 1.807) is 42.0 Å². The fraction of sp³-hybridized carbons (Fsp3) is 0.143. The fourth-order valence-corrected chi connectivity index (χ4v) is 2.13. The molecule has 0 spiro atoms. The molecule has 0 unspecified atom stereocenters. The molecule has 0 bridgehead atoms. The van der Waals surface area contributed by atoms with Gasteiger partial charge in [0.2, 0.25) is 0 Å². The Balaban J connectivity index is 2.32. The van der Waals surface area contributed by atoms with Crippen molar-refractivity contribution in [1.29, 1.82) is 0 Å². The highest BCUT2D eigenvalue weighted by atomic mass is 19.4. The van der Waals surface area contributed by atoms with Crippen LogP contribution in [0.2, 0.25) is 0 Å². The van der Waals surface area contributed by atoms with Crippen LogP contribution < -0.4 is 0 Å². The number of aryl methyl sites for hydroxylation is 1. The Labute approximate surface area is 112 Å². The minimum atomic E-state index is -4.45. The Bertz CT molecular complexity index is 775. The van der Waals surface area contributed by atoms with Crippen molar-refractivity contribution in [3.05, 3.63) is 54.1 Å². The van der Waals surface area contributed by atoms with Gasteiger partial charge < -0.3 is 4.40 Å². The van der Waals surface area contributed by atoms with Gasteiger partial charge in [-0.05, 0) is 30.7 Å². The third-order valence-corrected chi connectivity index (χ3v) is 3.00. The summed E-state index contributed by atoms with van der Waals surface area (Å²) in [5.41, 5.74) is 0.448. The third kappa shape index (κ3) is 2.03. The Kier molecular flexibility index (Phi) is 2.74. The van der Waals surface area contributed by atoms with Crippen LogP contribution >= 0.6 is 0 Å². The van der Waals surface area contributed by atoms with Gasteiger partial charge in [0.1, 0.15) is 5.65 Å². The first kappa shape index (κ1) is 12.7. The molecule has 3 heterocycles. The summed E-state index contributed by atoms with van der Waals surface area (Å²) in [6.07, 6.45) is 1.93. The van der Waals surface area contributed by atoms with Gasteiger partial charge in [0, 0.05) is 30.4 Å². The summed E-state index contributed by atoms with van der Waals surface area (Å²) >= 11 is 0. The molecule has 0 saturated heterocycles. The molecule has 0 fully saturated rings. The number of rotatable bonds is 1. The van der Waals surface area contributed by atoms with E-state index < -0.39 is 11.7 Å². The molecule has 0 aliphatic carbocycles. The first-order valence-corrected chi connectivity index (χ1v) is 5.93. The summed E-state index contributed by atoms with van der Waals surface area (Å²) in [4.78, 5) is 8.07. The molecule has 0 amide bonds. The predicted molar refractivity (Wildman–Crippen MR) is 68.2 cm³/mol. The maximum atomic E-state index is 13.2. The summed E-state index contributed by atoms with van der Waals surface area (Å²) in [5, 5.41) is 0. The van der Waals surface area contributed by atoms with Gasteiger partial charge in [-0.3, -0.25) is 4.98 Å². The average molecular weight is 277 g/mol.